The zero-order valence-electron chi connectivity index (χ0n) is 18.8. The largest absolute Gasteiger partial charge is 0.482 e. The summed E-state index contributed by atoms with van der Waals surface area (Å²) in [7, 11) is -3.14. The number of amides is 1. The standard InChI is InChI=1S/C22H32ClNO6S/c1-6-16(5)24(17-7-8-31(27,28)13-17)21(25)11-30-22(26)12-29-20-9-15(4)19(23)10-18(20)14(2)3/h9-10,14,16-17H,6-8,11-13H2,1-5H3/t16-,17+/m0/s1. The lowest BCUT2D eigenvalue weighted by Crippen LogP contribution is -2.48. The number of benzene rings is 1. The molecule has 1 aromatic rings. The summed E-state index contributed by atoms with van der Waals surface area (Å²) in [6.45, 7) is 8.85. The molecule has 2 atom stereocenters. The lowest BCUT2D eigenvalue weighted by Gasteiger charge is -2.33. The highest BCUT2D eigenvalue weighted by molar-refractivity contribution is 7.91. The molecule has 0 radical (unpaired) electrons. The highest BCUT2D eigenvalue weighted by Crippen LogP contribution is 2.32. The van der Waals surface area contributed by atoms with Gasteiger partial charge in [-0.3, -0.25) is 4.79 Å². The van der Waals surface area contributed by atoms with Gasteiger partial charge in [-0.25, -0.2) is 13.2 Å². The number of carbonyl (C=O) groups excluding carboxylic acids is 2. The zero-order chi connectivity index (χ0) is 23.3. The number of hydrogen-bond acceptors (Lipinski definition) is 6. The predicted octanol–water partition coefficient (Wildman–Crippen LogP) is 3.51. The number of carbonyl (C=O) groups is 2. The Labute approximate surface area is 190 Å². The van der Waals surface area contributed by atoms with E-state index >= 15 is 0 Å². The number of rotatable bonds is 9. The minimum Gasteiger partial charge on any atom is -0.482 e. The number of esters is 1. The highest BCUT2D eigenvalue weighted by atomic mass is 35.5. The summed E-state index contributed by atoms with van der Waals surface area (Å²) in [5, 5.41) is 0.628. The van der Waals surface area contributed by atoms with Crippen molar-refractivity contribution in [3.8, 4) is 5.75 Å². The van der Waals surface area contributed by atoms with E-state index < -0.39 is 28.3 Å². The van der Waals surface area contributed by atoms with Crippen molar-refractivity contribution in [2.45, 2.75) is 65.5 Å². The molecule has 0 aromatic heterocycles. The fourth-order valence-electron chi connectivity index (χ4n) is 3.64. The first-order chi connectivity index (χ1) is 14.4. The van der Waals surface area contributed by atoms with Crippen molar-refractivity contribution >= 4 is 33.3 Å². The minimum atomic E-state index is -3.14. The number of nitrogens with zero attached hydrogens (tertiary/aromatic N) is 1. The van der Waals surface area contributed by atoms with Gasteiger partial charge in [-0.1, -0.05) is 32.4 Å². The Balaban J connectivity index is 1.97. The zero-order valence-corrected chi connectivity index (χ0v) is 20.4. The van der Waals surface area contributed by atoms with E-state index in [0.717, 1.165) is 11.1 Å². The maximum atomic E-state index is 12.7. The molecule has 1 saturated heterocycles. The summed E-state index contributed by atoms with van der Waals surface area (Å²) in [6.07, 6.45) is 1.08. The fourth-order valence-corrected chi connectivity index (χ4v) is 5.53. The molecule has 9 heteroatoms. The van der Waals surface area contributed by atoms with Gasteiger partial charge in [0.05, 0.1) is 11.5 Å². The van der Waals surface area contributed by atoms with E-state index in [4.69, 9.17) is 21.1 Å². The van der Waals surface area contributed by atoms with Gasteiger partial charge >= 0.3 is 5.97 Å². The normalized spacial score (nSPS) is 18.6. The van der Waals surface area contributed by atoms with Crippen LogP contribution in [0, 0.1) is 6.92 Å². The molecule has 2 rings (SSSR count). The molecule has 31 heavy (non-hydrogen) atoms. The van der Waals surface area contributed by atoms with Crippen molar-refractivity contribution < 1.29 is 27.5 Å². The molecule has 1 aliphatic heterocycles. The van der Waals surface area contributed by atoms with Crippen LogP contribution in [0.25, 0.3) is 0 Å². The van der Waals surface area contributed by atoms with Crippen LogP contribution in [0.5, 0.6) is 5.75 Å². The SMILES string of the molecule is CC[C@H](C)N(C(=O)COC(=O)COc1cc(C)c(Cl)cc1C(C)C)[C@@H]1CCS(=O)(=O)C1. The van der Waals surface area contributed by atoms with Gasteiger partial charge < -0.3 is 14.4 Å². The van der Waals surface area contributed by atoms with Crippen LogP contribution in [0.3, 0.4) is 0 Å². The van der Waals surface area contributed by atoms with Gasteiger partial charge in [0.2, 0.25) is 0 Å². The van der Waals surface area contributed by atoms with Crippen LogP contribution in [-0.2, 0) is 24.2 Å². The van der Waals surface area contributed by atoms with E-state index in [2.05, 4.69) is 0 Å². The smallest absolute Gasteiger partial charge is 0.344 e. The molecule has 7 nitrogen and oxygen atoms in total. The third-order valence-electron chi connectivity index (χ3n) is 5.57. The van der Waals surface area contributed by atoms with E-state index in [1.807, 2.05) is 40.7 Å². The second-order valence-electron chi connectivity index (χ2n) is 8.36. The minimum absolute atomic E-state index is 0.0476. The van der Waals surface area contributed by atoms with Crippen LogP contribution in [0.15, 0.2) is 12.1 Å². The summed E-state index contributed by atoms with van der Waals surface area (Å²) in [4.78, 5) is 26.5. The van der Waals surface area contributed by atoms with Crippen LogP contribution >= 0.6 is 11.6 Å². The Kier molecular flexibility index (Phi) is 8.77. The first-order valence-electron chi connectivity index (χ1n) is 10.5. The van der Waals surface area contributed by atoms with Crippen molar-refractivity contribution in [3.63, 3.8) is 0 Å². The Morgan fingerprint density at radius 1 is 1.23 bits per heavy atom. The van der Waals surface area contributed by atoms with Crippen molar-refractivity contribution in [1.29, 1.82) is 0 Å². The number of aryl methyl sites for hydroxylation is 1. The van der Waals surface area contributed by atoms with Gasteiger partial charge in [0.1, 0.15) is 5.75 Å². The van der Waals surface area contributed by atoms with Crippen molar-refractivity contribution in [3.05, 3.63) is 28.3 Å². The average molecular weight is 474 g/mol. The third kappa shape index (κ3) is 6.84. The first-order valence-corrected chi connectivity index (χ1v) is 12.7. The van der Waals surface area contributed by atoms with E-state index in [9.17, 15) is 18.0 Å². The monoisotopic (exact) mass is 473 g/mol. The predicted molar refractivity (Wildman–Crippen MR) is 120 cm³/mol. The van der Waals surface area contributed by atoms with E-state index in [1.165, 1.54) is 0 Å². The highest BCUT2D eigenvalue weighted by Gasteiger charge is 2.36. The Morgan fingerprint density at radius 2 is 1.90 bits per heavy atom. The van der Waals surface area contributed by atoms with Crippen LogP contribution in [-0.4, -0.2) is 62.0 Å². The molecule has 1 amide bonds. The Bertz CT molecular complexity index is 915. The molecule has 0 bridgehead atoms. The third-order valence-corrected chi connectivity index (χ3v) is 7.73. The molecule has 0 N–H and O–H groups in total. The summed E-state index contributed by atoms with van der Waals surface area (Å²) in [5.41, 5.74) is 1.71. The second kappa shape index (κ2) is 10.7. The van der Waals surface area contributed by atoms with Crippen molar-refractivity contribution in [2.24, 2.45) is 0 Å². The summed E-state index contributed by atoms with van der Waals surface area (Å²) >= 11 is 6.19. The molecule has 0 aliphatic carbocycles. The van der Waals surface area contributed by atoms with Gasteiger partial charge in [-0.15, -0.1) is 0 Å². The van der Waals surface area contributed by atoms with Crippen LogP contribution in [0.2, 0.25) is 5.02 Å². The van der Waals surface area contributed by atoms with Gasteiger partial charge in [0, 0.05) is 17.1 Å². The molecule has 1 aromatic carbocycles. The molecule has 174 valence electrons. The quantitative estimate of drug-likeness (QED) is 0.510. The summed E-state index contributed by atoms with van der Waals surface area (Å²) < 4.78 is 34.5. The molecular weight excluding hydrogens is 442 g/mol. The van der Waals surface area contributed by atoms with Gasteiger partial charge in [0.15, 0.2) is 23.1 Å². The van der Waals surface area contributed by atoms with Crippen molar-refractivity contribution in [1.82, 2.24) is 4.90 Å². The fraction of sp³-hybridized carbons (Fsp3) is 0.636. The topological polar surface area (TPSA) is 90.0 Å². The number of hydrogen-bond donors (Lipinski definition) is 0. The van der Waals surface area contributed by atoms with Crippen LogP contribution in [0.4, 0.5) is 0 Å². The van der Waals surface area contributed by atoms with E-state index in [0.29, 0.717) is 23.6 Å². The Hall–Kier alpha value is -1.80. The summed E-state index contributed by atoms with van der Waals surface area (Å²) in [6, 6.07) is 3.08. The van der Waals surface area contributed by atoms with Gasteiger partial charge in [-0.2, -0.15) is 0 Å². The van der Waals surface area contributed by atoms with Crippen LogP contribution in [0.1, 0.15) is 57.6 Å². The second-order valence-corrected chi connectivity index (χ2v) is 11.0. The number of ether oxygens (including phenoxy) is 2. The van der Waals surface area contributed by atoms with Gasteiger partial charge in [-0.05, 0) is 55.9 Å². The van der Waals surface area contributed by atoms with Crippen molar-refractivity contribution in [2.75, 3.05) is 24.7 Å². The lowest BCUT2D eigenvalue weighted by atomic mass is 10.0. The summed E-state index contributed by atoms with van der Waals surface area (Å²) in [5.74, 6) is -0.332. The maximum absolute atomic E-state index is 12.7. The maximum Gasteiger partial charge on any atom is 0.344 e. The lowest BCUT2D eigenvalue weighted by molar-refractivity contribution is -0.155. The van der Waals surface area contributed by atoms with E-state index in [-0.39, 0.29) is 36.1 Å². The Morgan fingerprint density at radius 3 is 2.45 bits per heavy atom. The number of sulfone groups is 1. The molecule has 0 unspecified atom stereocenters. The molecule has 0 saturated carbocycles. The average Bonchev–Trinajstić information content (AvgIpc) is 3.05. The molecule has 0 spiro atoms. The van der Waals surface area contributed by atoms with E-state index in [1.54, 1.807) is 11.0 Å². The van der Waals surface area contributed by atoms with Crippen LogP contribution < -0.4 is 4.74 Å². The van der Waals surface area contributed by atoms with Gasteiger partial charge in [0.25, 0.3) is 5.91 Å². The first kappa shape index (κ1) is 25.5. The molecule has 1 heterocycles. The molecule has 1 aliphatic rings. The molecule has 1 fully saturated rings. The molecular formula is C22H32ClNO6S. The number of halogens is 1.